The molecule has 0 saturated carbocycles. The molecule has 9 nitrogen and oxygen atoms in total. The van der Waals surface area contributed by atoms with Crippen molar-refractivity contribution in [3.8, 4) is 12.1 Å². The smallest absolute Gasteiger partial charge is 0.187 e. The summed E-state index contributed by atoms with van der Waals surface area (Å²) in [6.45, 7) is -0.684. The lowest BCUT2D eigenvalue weighted by atomic mass is 9.99. The van der Waals surface area contributed by atoms with E-state index in [-0.39, 0.29) is 17.9 Å². The molecule has 5 atom stereocenters. The first kappa shape index (κ1) is 18.1. The molecule has 0 amide bonds. The maximum Gasteiger partial charge on any atom is 0.187 e. The Hall–Kier alpha value is -2.24. The summed E-state index contributed by atoms with van der Waals surface area (Å²) >= 11 is 0. The number of hydrogen-bond acceptors (Lipinski definition) is 9. The number of ether oxygens (including phenoxy) is 2. The molecule has 128 valence electrons. The first-order valence-corrected chi connectivity index (χ1v) is 7.03. The van der Waals surface area contributed by atoms with Gasteiger partial charge in [0.25, 0.3) is 0 Å². The number of aliphatic hydroxyl groups excluding tert-OH is 4. The van der Waals surface area contributed by atoms with Crippen molar-refractivity contribution in [2.45, 2.75) is 37.3 Å². The van der Waals surface area contributed by atoms with Crippen LogP contribution in [0, 0.1) is 22.7 Å². The highest BCUT2D eigenvalue weighted by Crippen LogP contribution is 2.23. The molecule has 2 rings (SSSR count). The predicted octanol–water partition coefficient (Wildman–Crippen LogP) is -0.973. The molecule has 0 radical (unpaired) electrons. The summed E-state index contributed by atoms with van der Waals surface area (Å²) in [4.78, 5) is 0. The summed E-state index contributed by atoms with van der Waals surface area (Å²) < 4.78 is 15.8. The number of nitrogens with zero attached hydrogens (tertiary/aromatic N) is 2. The third-order valence-electron chi connectivity index (χ3n) is 3.45. The minimum atomic E-state index is -1.52. The molecule has 1 fully saturated rings. The SMILES string of the molecule is N#CC(C#N)=Cc1ccc(CO[C@H]2O[C@H](CO)[C@@H](O)[C@H](O)[C@H]2O)o1. The van der Waals surface area contributed by atoms with Gasteiger partial charge in [-0.1, -0.05) is 0 Å². The third kappa shape index (κ3) is 3.99. The highest BCUT2D eigenvalue weighted by molar-refractivity contribution is 5.58. The Bertz CT molecular complexity index is 654. The zero-order valence-corrected chi connectivity index (χ0v) is 12.4. The Balaban J connectivity index is 1.98. The van der Waals surface area contributed by atoms with E-state index >= 15 is 0 Å². The minimum Gasteiger partial charge on any atom is -0.459 e. The Morgan fingerprint density at radius 2 is 1.88 bits per heavy atom. The fourth-order valence-corrected chi connectivity index (χ4v) is 2.15. The van der Waals surface area contributed by atoms with Gasteiger partial charge in [-0.2, -0.15) is 10.5 Å². The van der Waals surface area contributed by atoms with Crippen LogP contribution in [0.3, 0.4) is 0 Å². The van der Waals surface area contributed by atoms with Crippen LogP contribution in [0.1, 0.15) is 11.5 Å². The molecule has 0 aliphatic carbocycles. The van der Waals surface area contributed by atoms with Crippen LogP contribution in [0.2, 0.25) is 0 Å². The summed E-state index contributed by atoms with van der Waals surface area (Å²) in [7, 11) is 0. The fourth-order valence-electron chi connectivity index (χ4n) is 2.15. The van der Waals surface area contributed by atoms with Crippen LogP contribution < -0.4 is 0 Å². The van der Waals surface area contributed by atoms with E-state index < -0.39 is 37.3 Å². The summed E-state index contributed by atoms with van der Waals surface area (Å²) in [5, 5.41) is 55.6. The van der Waals surface area contributed by atoms with Gasteiger partial charge in [0.15, 0.2) is 6.29 Å². The standard InChI is InChI=1S/C15H16N2O7/c16-4-8(5-17)3-9-1-2-10(23-9)7-22-15-14(21)13(20)12(19)11(6-18)24-15/h1-3,11-15,18-21H,6-7H2/t11-,12-,13+,14-,15+/m1/s1. The molecule has 0 spiro atoms. The second kappa shape index (κ2) is 8.04. The van der Waals surface area contributed by atoms with Crippen molar-refractivity contribution in [1.82, 2.24) is 0 Å². The van der Waals surface area contributed by atoms with Gasteiger partial charge in [-0.15, -0.1) is 0 Å². The lowest BCUT2D eigenvalue weighted by Crippen LogP contribution is -2.59. The molecule has 1 aliphatic rings. The Morgan fingerprint density at radius 1 is 1.17 bits per heavy atom. The van der Waals surface area contributed by atoms with Crippen LogP contribution in [0.5, 0.6) is 0 Å². The van der Waals surface area contributed by atoms with Crippen molar-refractivity contribution in [2.24, 2.45) is 0 Å². The van der Waals surface area contributed by atoms with Gasteiger partial charge < -0.3 is 34.3 Å². The number of aliphatic hydroxyl groups is 4. The van der Waals surface area contributed by atoms with E-state index in [2.05, 4.69) is 0 Å². The maximum atomic E-state index is 9.83. The van der Waals surface area contributed by atoms with E-state index in [4.69, 9.17) is 29.5 Å². The van der Waals surface area contributed by atoms with Gasteiger partial charge in [0.2, 0.25) is 0 Å². The van der Waals surface area contributed by atoms with E-state index in [1.807, 2.05) is 0 Å². The third-order valence-corrected chi connectivity index (χ3v) is 3.45. The van der Waals surface area contributed by atoms with Crippen LogP contribution in [0.4, 0.5) is 0 Å². The molecular weight excluding hydrogens is 320 g/mol. The van der Waals surface area contributed by atoms with E-state index in [0.717, 1.165) is 0 Å². The summed E-state index contributed by atoms with van der Waals surface area (Å²) in [5.74, 6) is 0.606. The number of hydrogen-bond donors (Lipinski definition) is 4. The van der Waals surface area contributed by atoms with Crippen LogP contribution in [-0.4, -0.2) is 57.7 Å². The molecule has 1 aromatic heterocycles. The molecule has 24 heavy (non-hydrogen) atoms. The molecule has 0 bridgehead atoms. The molecule has 0 aromatic carbocycles. The average molecular weight is 336 g/mol. The van der Waals surface area contributed by atoms with Gasteiger partial charge in [0.1, 0.15) is 60.3 Å². The van der Waals surface area contributed by atoms with E-state index in [0.29, 0.717) is 5.76 Å². The first-order chi connectivity index (χ1) is 11.5. The van der Waals surface area contributed by atoms with Crippen molar-refractivity contribution >= 4 is 6.08 Å². The van der Waals surface area contributed by atoms with Gasteiger partial charge in [0, 0.05) is 6.08 Å². The highest BCUT2D eigenvalue weighted by Gasteiger charge is 2.44. The highest BCUT2D eigenvalue weighted by atomic mass is 16.7. The zero-order valence-electron chi connectivity index (χ0n) is 12.4. The quantitative estimate of drug-likeness (QED) is 0.496. The molecule has 4 N–H and O–H groups in total. The van der Waals surface area contributed by atoms with Gasteiger partial charge in [-0.25, -0.2) is 0 Å². The van der Waals surface area contributed by atoms with E-state index in [1.165, 1.54) is 12.1 Å². The zero-order chi connectivity index (χ0) is 17.7. The molecule has 0 unspecified atom stereocenters. The largest absolute Gasteiger partial charge is 0.459 e. The van der Waals surface area contributed by atoms with Gasteiger partial charge in [-0.3, -0.25) is 0 Å². The topological polar surface area (TPSA) is 160 Å². The molecule has 2 heterocycles. The molecular formula is C15H16N2O7. The van der Waals surface area contributed by atoms with Crippen molar-refractivity contribution in [3.63, 3.8) is 0 Å². The van der Waals surface area contributed by atoms with Crippen LogP contribution in [-0.2, 0) is 16.1 Å². The monoisotopic (exact) mass is 336 g/mol. The van der Waals surface area contributed by atoms with Crippen molar-refractivity contribution in [1.29, 1.82) is 10.5 Å². The molecule has 1 saturated heterocycles. The van der Waals surface area contributed by atoms with E-state index in [9.17, 15) is 15.3 Å². The maximum absolute atomic E-state index is 9.83. The number of allylic oxidation sites excluding steroid dienone is 1. The molecule has 1 aromatic rings. The summed E-state index contributed by atoms with van der Waals surface area (Å²) in [6.07, 6.45) is -5.54. The first-order valence-electron chi connectivity index (χ1n) is 7.03. The normalized spacial score (nSPS) is 29.5. The second-order valence-corrected chi connectivity index (χ2v) is 5.09. The number of rotatable bonds is 5. The fraction of sp³-hybridized carbons (Fsp3) is 0.467. The predicted molar refractivity (Wildman–Crippen MR) is 76.5 cm³/mol. The second-order valence-electron chi connectivity index (χ2n) is 5.09. The number of furan rings is 1. The van der Waals surface area contributed by atoms with Crippen molar-refractivity contribution in [2.75, 3.05) is 6.61 Å². The van der Waals surface area contributed by atoms with Gasteiger partial charge in [-0.05, 0) is 12.1 Å². The summed E-state index contributed by atoms with van der Waals surface area (Å²) in [5.41, 5.74) is -0.120. The van der Waals surface area contributed by atoms with Crippen molar-refractivity contribution in [3.05, 3.63) is 29.2 Å². The lowest BCUT2D eigenvalue weighted by molar-refractivity contribution is -0.304. The molecule has 1 aliphatic heterocycles. The Morgan fingerprint density at radius 3 is 2.50 bits per heavy atom. The Labute approximate surface area is 137 Å². The van der Waals surface area contributed by atoms with Crippen LogP contribution in [0.25, 0.3) is 6.08 Å². The lowest BCUT2D eigenvalue weighted by Gasteiger charge is -2.39. The minimum absolute atomic E-state index is 0.120. The van der Waals surface area contributed by atoms with Crippen molar-refractivity contribution < 1.29 is 34.3 Å². The summed E-state index contributed by atoms with van der Waals surface area (Å²) in [6, 6.07) is 6.47. The van der Waals surface area contributed by atoms with Crippen LogP contribution >= 0.6 is 0 Å². The average Bonchev–Trinajstić information content (AvgIpc) is 3.04. The van der Waals surface area contributed by atoms with Gasteiger partial charge >= 0.3 is 0 Å². The van der Waals surface area contributed by atoms with E-state index in [1.54, 1.807) is 18.2 Å². The number of nitriles is 2. The van der Waals surface area contributed by atoms with Crippen LogP contribution in [0.15, 0.2) is 22.1 Å². The molecule has 9 heteroatoms. The Kier molecular flexibility index (Phi) is 6.06. The van der Waals surface area contributed by atoms with Gasteiger partial charge in [0.05, 0.1) is 6.61 Å².